The lowest BCUT2D eigenvalue weighted by Gasteiger charge is -2.13. The summed E-state index contributed by atoms with van der Waals surface area (Å²) in [5, 5.41) is 39.8. The first kappa shape index (κ1) is 17.9. The highest BCUT2D eigenvalue weighted by Gasteiger charge is 2.14. The fourth-order valence-corrected chi connectivity index (χ4v) is 1.99. The van der Waals surface area contributed by atoms with Crippen LogP contribution in [-0.2, 0) is 4.79 Å². The van der Waals surface area contributed by atoms with Crippen LogP contribution in [0.3, 0.4) is 0 Å². The largest absolute Gasteiger partial charge is 0.507 e. The number of aromatic carboxylic acids is 1. The van der Waals surface area contributed by atoms with E-state index in [1.807, 2.05) is 0 Å². The molecule has 0 aliphatic rings. The SMILES string of the molecule is O=C(O)CCCCCNC[C@H](O)c1ccc(O)c(C(=O)O)c1. The number of hydrogen-bond acceptors (Lipinski definition) is 5. The minimum atomic E-state index is -1.25. The van der Waals surface area contributed by atoms with E-state index in [0.717, 1.165) is 12.8 Å². The van der Waals surface area contributed by atoms with Crippen LogP contribution in [0.2, 0.25) is 0 Å². The lowest BCUT2D eigenvalue weighted by atomic mass is 10.0. The van der Waals surface area contributed by atoms with E-state index in [1.165, 1.54) is 18.2 Å². The predicted octanol–water partition coefficient (Wildman–Crippen LogP) is 1.36. The Balaban J connectivity index is 2.33. The highest BCUT2D eigenvalue weighted by molar-refractivity contribution is 5.90. The molecule has 0 aliphatic carbocycles. The average molecular weight is 311 g/mol. The molecule has 7 nitrogen and oxygen atoms in total. The molecule has 122 valence electrons. The van der Waals surface area contributed by atoms with Gasteiger partial charge >= 0.3 is 11.9 Å². The van der Waals surface area contributed by atoms with Crippen LogP contribution in [-0.4, -0.2) is 45.5 Å². The molecule has 7 heteroatoms. The maximum absolute atomic E-state index is 10.9. The highest BCUT2D eigenvalue weighted by Crippen LogP contribution is 2.22. The molecule has 0 aromatic heterocycles. The number of carbonyl (C=O) groups is 2. The zero-order valence-corrected chi connectivity index (χ0v) is 12.2. The number of carboxylic acid groups (broad SMARTS) is 2. The molecular weight excluding hydrogens is 290 g/mol. The molecule has 1 atom stereocenters. The summed E-state index contributed by atoms with van der Waals surface area (Å²) in [5.41, 5.74) is 0.166. The van der Waals surface area contributed by atoms with E-state index in [9.17, 15) is 19.8 Å². The molecule has 1 aromatic rings. The first-order valence-electron chi connectivity index (χ1n) is 7.08. The molecule has 0 fully saturated rings. The van der Waals surface area contributed by atoms with Crippen molar-refractivity contribution in [2.75, 3.05) is 13.1 Å². The van der Waals surface area contributed by atoms with Gasteiger partial charge in [0.1, 0.15) is 11.3 Å². The van der Waals surface area contributed by atoms with Crippen molar-refractivity contribution in [2.45, 2.75) is 31.8 Å². The fraction of sp³-hybridized carbons (Fsp3) is 0.467. The van der Waals surface area contributed by atoms with Crippen LogP contribution in [0.1, 0.15) is 47.7 Å². The minimum absolute atomic E-state index is 0.161. The number of phenols is 1. The molecule has 5 N–H and O–H groups in total. The van der Waals surface area contributed by atoms with Crippen LogP contribution >= 0.6 is 0 Å². The van der Waals surface area contributed by atoms with Crippen LogP contribution in [0.5, 0.6) is 5.75 Å². The molecule has 22 heavy (non-hydrogen) atoms. The van der Waals surface area contributed by atoms with Crippen LogP contribution in [0.4, 0.5) is 0 Å². The molecule has 1 aromatic carbocycles. The predicted molar refractivity (Wildman–Crippen MR) is 79.0 cm³/mol. The van der Waals surface area contributed by atoms with Gasteiger partial charge in [0.05, 0.1) is 6.10 Å². The number of benzene rings is 1. The van der Waals surface area contributed by atoms with Gasteiger partial charge in [0, 0.05) is 13.0 Å². The van der Waals surface area contributed by atoms with Crippen molar-refractivity contribution in [1.82, 2.24) is 5.32 Å². The van der Waals surface area contributed by atoms with E-state index in [-0.39, 0.29) is 24.3 Å². The Bertz CT molecular complexity index is 517. The van der Waals surface area contributed by atoms with Crippen LogP contribution in [0.15, 0.2) is 18.2 Å². The number of aromatic hydroxyl groups is 1. The second-order valence-electron chi connectivity index (χ2n) is 5.01. The van der Waals surface area contributed by atoms with Crippen molar-refractivity contribution in [3.8, 4) is 5.75 Å². The van der Waals surface area contributed by atoms with Crippen LogP contribution < -0.4 is 5.32 Å². The summed E-state index contributed by atoms with van der Waals surface area (Å²) in [5.74, 6) is -2.39. The van der Waals surface area contributed by atoms with E-state index < -0.39 is 18.0 Å². The molecule has 0 saturated carbocycles. The molecule has 0 amide bonds. The summed E-state index contributed by atoms with van der Waals surface area (Å²) in [4.78, 5) is 21.2. The van der Waals surface area contributed by atoms with E-state index >= 15 is 0 Å². The maximum Gasteiger partial charge on any atom is 0.339 e. The smallest absolute Gasteiger partial charge is 0.339 e. The lowest BCUT2D eigenvalue weighted by Crippen LogP contribution is -2.22. The number of unbranched alkanes of at least 4 members (excludes halogenated alkanes) is 2. The minimum Gasteiger partial charge on any atom is -0.507 e. The number of hydrogen-bond donors (Lipinski definition) is 5. The van der Waals surface area contributed by atoms with Gasteiger partial charge in [-0.25, -0.2) is 4.79 Å². The van der Waals surface area contributed by atoms with Gasteiger partial charge in [-0.1, -0.05) is 12.5 Å². The molecular formula is C15H21NO6. The van der Waals surface area contributed by atoms with Gasteiger partial charge in [0.15, 0.2) is 0 Å². The molecule has 0 heterocycles. The van der Waals surface area contributed by atoms with E-state index in [1.54, 1.807) is 0 Å². The second-order valence-corrected chi connectivity index (χ2v) is 5.01. The van der Waals surface area contributed by atoms with Crippen molar-refractivity contribution in [2.24, 2.45) is 0 Å². The normalized spacial score (nSPS) is 12.0. The number of rotatable bonds is 10. The van der Waals surface area contributed by atoms with E-state index in [2.05, 4.69) is 5.32 Å². The Labute approximate surface area is 128 Å². The Hall–Kier alpha value is -2.12. The monoisotopic (exact) mass is 311 g/mol. The third-order valence-corrected chi connectivity index (χ3v) is 3.22. The summed E-state index contributed by atoms with van der Waals surface area (Å²) in [6.45, 7) is 0.892. The van der Waals surface area contributed by atoms with Gasteiger partial charge < -0.3 is 25.7 Å². The third kappa shape index (κ3) is 6.11. The summed E-state index contributed by atoms with van der Waals surface area (Å²) in [6, 6.07) is 3.96. The molecule has 0 spiro atoms. The van der Waals surface area contributed by atoms with Gasteiger partial charge in [-0.15, -0.1) is 0 Å². The number of aliphatic hydroxyl groups excluding tert-OH is 1. The maximum atomic E-state index is 10.9. The van der Waals surface area contributed by atoms with E-state index in [0.29, 0.717) is 18.5 Å². The zero-order chi connectivity index (χ0) is 16.5. The summed E-state index contributed by atoms with van der Waals surface area (Å²) in [7, 11) is 0. The van der Waals surface area contributed by atoms with Gasteiger partial charge in [0.2, 0.25) is 0 Å². The second kappa shape index (κ2) is 9.01. The number of nitrogens with one attached hydrogen (secondary N) is 1. The number of carboxylic acids is 2. The van der Waals surface area contributed by atoms with Gasteiger partial charge in [-0.2, -0.15) is 0 Å². The lowest BCUT2D eigenvalue weighted by molar-refractivity contribution is -0.137. The van der Waals surface area contributed by atoms with Gasteiger partial charge in [0.25, 0.3) is 0 Å². The highest BCUT2D eigenvalue weighted by atomic mass is 16.4. The van der Waals surface area contributed by atoms with Crippen molar-refractivity contribution in [1.29, 1.82) is 0 Å². The topological polar surface area (TPSA) is 127 Å². The standard InChI is InChI=1S/C15H21NO6/c17-12-6-5-10(8-11(12)15(21)22)13(18)9-16-7-3-1-2-4-14(19)20/h5-6,8,13,16-18H,1-4,7,9H2,(H,19,20)(H,21,22)/t13-/m0/s1. The third-order valence-electron chi connectivity index (χ3n) is 3.22. The summed E-state index contributed by atoms with van der Waals surface area (Å²) < 4.78 is 0. The van der Waals surface area contributed by atoms with Gasteiger partial charge in [-0.05, 0) is 37.1 Å². The van der Waals surface area contributed by atoms with Crippen molar-refractivity contribution in [3.63, 3.8) is 0 Å². The molecule has 0 radical (unpaired) electrons. The van der Waals surface area contributed by atoms with Gasteiger partial charge in [-0.3, -0.25) is 4.79 Å². The molecule has 1 rings (SSSR count). The first-order chi connectivity index (χ1) is 10.4. The molecule has 0 saturated heterocycles. The molecule has 0 aliphatic heterocycles. The Morgan fingerprint density at radius 3 is 2.50 bits per heavy atom. The Morgan fingerprint density at radius 1 is 1.14 bits per heavy atom. The zero-order valence-electron chi connectivity index (χ0n) is 12.2. The van der Waals surface area contributed by atoms with Crippen LogP contribution in [0.25, 0.3) is 0 Å². The first-order valence-corrected chi connectivity index (χ1v) is 7.08. The summed E-state index contributed by atoms with van der Waals surface area (Å²) >= 11 is 0. The van der Waals surface area contributed by atoms with Crippen molar-refractivity contribution in [3.05, 3.63) is 29.3 Å². The fourth-order valence-electron chi connectivity index (χ4n) is 1.99. The number of aliphatic carboxylic acids is 1. The molecule has 0 unspecified atom stereocenters. The average Bonchev–Trinajstić information content (AvgIpc) is 2.45. The Kier molecular flexibility index (Phi) is 7.34. The Morgan fingerprint density at radius 2 is 1.86 bits per heavy atom. The van der Waals surface area contributed by atoms with E-state index in [4.69, 9.17) is 10.2 Å². The van der Waals surface area contributed by atoms with Crippen molar-refractivity contribution < 1.29 is 30.0 Å². The number of aliphatic hydroxyl groups is 1. The van der Waals surface area contributed by atoms with Crippen LogP contribution in [0, 0.1) is 0 Å². The summed E-state index contributed by atoms with van der Waals surface area (Å²) in [6.07, 6.45) is 1.50. The quantitative estimate of drug-likeness (QED) is 0.413. The molecule has 0 bridgehead atoms. The van der Waals surface area contributed by atoms with Crippen molar-refractivity contribution >= 4 is 11.9 Å².